The Morgan fingerprint density at radius 3 is 2.72 bits per heavy atom. The first-order valence-corrected chi connectivity index (χ1v) is 9.39. The molecule has 0 aliphatic carbocycles. The third kappa shape index (κ3) is 5.44. The van der Waals surface area contributed by atoms with Gasteiger partial charge >= 0.3 is 5.97 Å². The number of benzene rings is 2. The smallest absolute Gasteiger partial charge is 0.306 e. The van der Waals surface area contributed by atoms with Crippen LogP contribution in [-0.2, 0) is 20.7 Å². The minimum atomic E-state index is -0.455. The van der Waals surface area contributed by atoms with E-state index in [0.29, 0.717) is 17.7 Å². The first kappa shape index (κ1) is 20.1. The zero-order valence-corrected chi connectivity index (χ0v) is 16.2. The van der Waals surface area contributed by atoms with Gasteiger partial charge in [0.15, 0.2) is 6.61 Å². The summed E-state index contributed by atoms with van der Waals surface area (Å²) >= 11 is 0. The number of nitrogens with one attached hydrogen (secondary N) is 3. The number of aryl methyl sites for hydroxylation is 1. The molecule has 3 rings (SSSR count). The van der Waals surface area contributed by atoms with Crippen molar-refractivity contribution < 1.29 is 19.1 Å². The molecule has 0 radical (unpaired) electrons. The second kappa shape index (κ2) is 9.54. The Morgan fingerprint density at radius 2 is 1.90 bits per heavy atom. The van der Waals surface area contributed by atoms with Gasteiger partial charge in [-0.15, -0.1) is 0 Å². The Labute approximate surface area is 168 Å². The molecule has 0 fully saturated rings. The topological polar surface area (TPSA) is 100 Å². The summed E-state index contributed by atoms with van der Waals surface area (Å²) in [5.74, 6) is -1.12. The van der Waals surface area contributed by atoms with Crippen LogP contribution in [-0.4, -0.2) is 36.4 Å². The van der Waals surface area contributed by atoms with Gasteiger partial charge in [-0.25, -0.2) is 0 Å². The van der Waals surface area contributed by atoms with E-state index < -0.39 is 11.9 Å². The lowest BCUT2D eigenvalue weighted by molar-refractivity contribution is -0.147. The van der Waals surface area contributed by atoms with E-state index in [-0.39, 0.29) is 18.9 Å². The normalized spacial score (nSPS) is 10.5. The van der Waals surface area contributed by atoms with E-state index in [2.05, 4.69) is 15.6 Å². The lowest BCUT2D eigenvalue weighted by Gasteiger charge is -2.08. The molecule has 1 aromatic heterocycles. The molecule has 2 aromatic carbocycles. The highest BCUT2D eigenvalue weighted by Crippen LogP contribution is 2.19. The van der Waals surface area contributed by atoms with E-state index >= 15 is 0 Å². The Hall–Kier alpha value is -3.61. The molecule has 7 nitrogen and oxygen atoms in total. The van der Waals surface area contributed by atoms with Gasteiger partial charge in [0.25, 0.3) is 11.8 Å². The van der Waals surface area contributed by atoms with E-state index in [1.165, 1.54) is 7.05 Å². The molecule has 0 bridgehead atoms. The standard InChI is InChI=1S/C22H23N3O4/c1-23-22(28)15-6-4-8-17(12-15)25-20(26)14-29-21(27)11-5-7-16-13-24-19-10-3-2-9-18(16)19/h2-4,6,8-10,12-13,24H,5,7,11,14H2,1H3,(H,23,28)(H,25,26). The number of aromatic amines is 1. The van der Waals surface area contributed by atoms with Crippen LogP contribution in [0.2, 0.25) is 0 Å². The predicted octanol–water partition coefficient (Wildman–Crippen LogP) is 3.03. The van der Waals surface area contributed by atoms with Gasteiger partial charge in [-0.05, 0) is 42.7 Å². The van der Waals surface area contributed by atoms with Crippen LogP contribution in [0.15, 0.2) is 54.7 Å². The molecule has 0 aliphatic rings. The molecule has 3 aromatic rings. The molecule has 0 aliphatic heterocycles. The van der Waals surface area contributed by atoms with E-state index in [1.54, 1.807) is 24.3 Å². The van der Waals surface area contributed by atoms with Gasteiger partial charge in [0.2, 0.25) is 0 Å². The average Bonchev–Trinajstić information content (AvgIpc) is 3.15. The summed E-state index contributed by atoms with van der Waals surface area (Å²) in [6.07, 6.45) is 3.57. The molecule has 0 saturated carbocycles. The minimum absolute atomic E-state index is 0.235. The fourth-order valence-corrected chi connectivity index (χ4v) is 3.06. The minimum Gasteiger partial charge on any atom is -0.456 e. The summed E-state index contributed by atoms with van der Waals surface area (Å²) in [5, 5.41) is 6.29. The molecule has 7 heteroatoms. The highest BCUT2D eigenvalue weighted by Gasteiger charge is 2.10. The number of hydrogen-bond acceptors (Lipinski definition) is 4. The van der Waals surface area contributed by atoms with Crippen molar-refractivity contribution in [2.75, 3.05) is 19.0 Å². The SMILES string of the molecule is CNC(=O)c1cccc(NC(=O)COC(=O)CCCc2c[nH]c3ccccc23)c1. The average molecular weight is 393 g/mol. The summed E-state index contributed by atoms with van der Waals surface area (Å²) in [7, 11) is 1.53. The molecule has 150 valence electrons. The highest BCUT2D eigenvalue weighted by molar-refractivity contribution is 5.97. The Kier molecular flexibility index (Phi) is 6.63. The summed E-state index contributed by atoms with van der Waals surface area (Å²) in [6, 6.07) is 14.5. The van der Waals surface area contributed by atoms with Gasteiger partial charge in [-0.3, -0.25) is 14.4 Å². The molecule has 3 N–H and O–H groups in total. The zero-order valence-electron chi connectivity index (χ0n) is 16.2. The fourth-order valence-electron chi connectivity index (χ4n) is 3.06. The number of anilines is 1. The zero-order chi connectivity index (χ0) is 20.6. The quantitative estimate of drug-likeness (QED) is 0.512. The van der Waals surface area contributed by atoms with Crippen LogP contribution in [0.25, 0.3) is 10.9 Å². The first-order valence-electron chi connectivity index (χ1n) is 9.39. The maximum Gasteiger partial charge on any atom is 0.306 e. The number of para-hydroxylation sites is 1. The van der Waals surface area contributed by atoms with Gasteiger partial charge in [0.1, 0.15) is 0 Å². The number of carbonyl (C=O) groups excluding carboxylic acids is 3. The first-order chi connectivity index (χ1) is 14.1. The Balaban J connectivity index is 1.41. The second-order valence-corrected chi connectivity index (χ2v) is 6.58. The molecule has 0 atom stereocenters. The third-order valence-electron chi connectivity index (χ3n) is 4.50. The van der Waals surface area contributed by atoms with Crippen molar-refractivity contribution in [3.63, 3.8) is 0 Å². The van der Waals surface area contributed by atoms with Gasteiger partial charge in [-0.1, -0.05) is 24.3 Å². The largest absolute Gasteiger partial charge is 0.456 e. The van der Waals surface area contributed by atoms with Gasteiger partial charge < -0.3 is 20.4 Å². The number of carbonyl (C=O) groups is 3. The molecule has 1 heterocycles. The van der Waals surface area contributed by atoms with Crippen molar-refractivity contribution in [3.05, 3.63) is 65.9 Å². The molecule has 0 unspecified atom stereocenters. The van der Waals surface area contributed by atoms with Crippen molar-refractivity contribution in [3.8, 4) is 0 Å². The number of amides is 2. The van der Waals surface area contributed by atoms with E-state index in [0.717, 1.165) is 22.9 Å². The van der Waals surface area contributed by atoms with Crippen LogP contribution >= 0.6 is 0 Å². The van der Waals surface area contributed by atoms with E-state index in [1.807, 2.05) is 30.5 Å². The number of aromatic nitrogens is 1. The fraction of sp³-hybridized carbons (Fsp3) is 0.227. The van der Waals surface area contributed by atoms with Crippen molar-refractivity contribution >= 4 is 34.4 Å². The van der Waals surface area contributed by atoms with Gasteiger partial charge in [-0.2, -0.15) is 0 Å². The van der Waals surface area contributed by atoms with E-state index in [9.17, 15) is 14.4 Å². The van der Waals surface area contributed by atoms with Crippen molar-refractivity contribution in [1.29, 1.82) is 0 Å². The molecule has 0 spiro atoms. The van der Waals surface area contributed by atoms with Crippen LogP contribution in [0.5, 0.6) is 0 Å². The van der Waals surface area contributed by atoms with Gasteiger partial charge in [0, 0.05) is 41.8 Å². The number of rotatable bonds is 8. The predicted molar refractivity (Wildman–Crippen MR) is 111 cm³/mol. The van der Waals surface area contributed by atoms with Crippen LogP contribution in [0.4, 0.5) is 5.69 Å². The van der Waals surface area contributed by atoms with Crippen LogP contribution in [0, 0.1) is 0 Å². The number of hydrogen-bond donors (Lipinski definition) is 3. The molecule has 29 heavy (non-hydrogen) atoms. The molecule has 0 saturated heterocycles. The maximum absolute atomic E-state index is 12.0. The molecular formula is C22H23N3O4. The summed E-state index contributed by atoms with van der Waals surface area (Å²) < 4.78 is 5.04. The summed E-state index contributed by atoms with van der Waals surface area (Å²) in [4.78, 5) is 38.7. The summed E-state index contributed by atoms with van der Waals surface area (Å²) in [5.41, 5.74) is 3.12. The van der Waals surface area contributed by atoms with Gasteiger partial charge in [0.05, 0.1) is 0 Å². The highest BCUT2D eigenvalue weighted by atomic mass is 16.5. The lowest BCUT2D eigenvalue weighted by atomic mass is 10.1. The van der Waals surface area contributed by atoms with Crippen LogP contribution in [0.3, 0.4) is 0 Å². The Morgan fingerprint density at radius 1 is 1.07 bits per heavy atom. The summed E-state index contributed by atoms with van der Waals surface area (Å²) in [6.45, 7) is -0.365. The maximum atomic E-state index is 12.0. The van der Waals surface area contributed by atoms with Crippen LogP contribution in [0.1, 0.15) is 28.8 Å². The number of fused-ring (bicyclic) bond motifs is 1. The van der Waals surface area contributed by atoms with Crippen molar-refractivity contribution in [1.82, 2.24) is 10.3 Å². The van der Waals surface area contributed by atoms with Crippen molar-refractivity contribution in [2.45, 2.75) is 19.3 Å². The second-order valence-electron chi connectivity index (χ2n) is 6.58. The monoisotopic (exact) mass is 393 g/mol. The Bertz CT molecular complexity index is 1030. The number of esters is 1. The van der Waals surface area contributed by atoms with Crippen molar-refractivity contribution in [2.24, 2.45) is 0 Å². The molecule has 2 amide bonds. The van der Waals surface area contributed by atoms with E-state index in [4.69, 9.17) is 4.74 Å². The number of H-pyrrole nitrogens is 1. The lowest BCUT2D eigenvalue weighted by Crippen LogP contribution is -2.21. The number of ether oxygens (including phenoxy) is 1. The molecular weight excluding hydrogens is 370 g/mol. The van der Waals surface area contributed by atoms with Crippen LogP contribution < -0.4 is 10.6 Å². The third-order valence-corrected chi connectivity index (χ3v) is 4.50.